The van der Waals surface area contributed by atoms with Crippen molar-refractivity contribution >= 4 is 19.6 Å². The lowest BCUT2D eigenvalue weighted by Crippen LogP contribution is -2.62. The predicted octanol–water partition coefficient (Wildman–Crippen LogP) is 1.79. The van der Waals surface area contributed by atoms with Crippen LogP contribution in [-0.4, -0.2) is 14.4 Å². The molecule has 1 aromatic carbocycles. The van der Waals surface area contributed by atoms with E-state index in [0.717, 1.165) is 23.2 Å². The maximum atomic E-state index is 12.9. The number of amides is 1. The molecule has 1 rings (SSSR count). The summed E-state index contributed by atoms with van der Waals surface area (Å²) < 4.78 is 0. The van der Waals surface area contributed by atoms with E-state index < -0.39 is 8.48 Å². The number of aryl methyl sites for hydroxylation is 1. The number of rotatable bonds is 5. The average molecular weight is 248 g/mol. The highest BCUT2D eigenvalue weighted by atomic mass is 28.4. The number of carbonyl (C=O) groups excluding carboxylic acids is 1. The minimum atomic E-state index is -3.17. The van der Waals surface area contributed by atoms with Gasteiger partial charge in [-0.2, -0.15) is 0 Å². The Kier molecular flexibility index (Phi) is 4.66. The van der Waals surface area contributed by atoms with Gasteiger partial charge in [-0.05, 0) is 29.8 Å². The van der Waals surface area contributed by atoms with Crippen molar-refractivity contribution in [3.63, 3.8) is 0 Å². The zero-order valence-electron chi connectivity index (χ0n) is 10.3. The summed E-state index contributed by atoms with van der Waals surface area (Å²) in [7, 11) is -3.17. The van der Waals surface area contributed by atoms with E-state index in [1.54, 1.807) is 0 Å². The van der Waals surface area contributed by atoms with Gasteiger partial charge < -0.3 is 4.98 Å². The molecule has 0 aliphatic carbocycles. The number of carbonyl (C=O) groups is 1. The molecule has 4 heteroatoms. The topological polar surface area (TPSA) is 49.0 Å². The van der Waals surface area contributed by atoms with Crippen molar-refractivity contribution < 1.29 is 9.59 Å². The van der Waals surface area contributed by atoms with Crippen LogP contribution < -0.4 is 10.2 Å². The molecule has 1 aromatic rings. The van der Waals surface area contributed by atoms with Crippen LogP contribution in [0.3, 0.4) is 0 Å². The highest BCUT2D eigenvalue weighted by Gasteiger charge is 2.38. The van der Waals surface area contributed by atoms with Gasteiger partial charge in [0, 0.05) is 0 Å². The largest absolute Gasteiger partial charge is 0.371 e. The summed E-state index contributed by atoms with van der Waals surface area (Å²) in [5.74, 6) is -0.372. The molecule has 3 nitrogen and oxygen atoms in total. The van der Waals surface area contributed by atoms with Gasteiger partial charge in [0.1, 0.15) is 0 Å². The van der Waals surface area contributed by atoms with Crippen molar-refractivity contribution in [2.24, 2.45) is 0 Å². The molecular formula is C13H18NO2Si. The summed E-state index contributed by atoms with van der Waals surface area (Å²) in [4.78, 5) is 26.9. The third kappa shape index (κ3) is 3.28. The van der Waals surface area contributed by atoms with Gasteiger partial charge in [-0.25, -0.2) is 0 Å². The second-order valence-corrected chi connectivity index (χ2v) is 7.03. The summed E-state index contributed by atoms with van der Waals surface area (Å²) >= 11 is 0. The molecule has 0 aromatic heterocycles. The van der Waals surface area contributed by atoms with E-state index in [1.807, 2.05) is 38.1 Å². The normalized spacial score (nSPS) is 13.8. The monoisotopic (exact) mass is 248 g/mol. The zero-order valence-corrected chi connectivity index (χ0v) is 11.3. The average Bonchev–Trinajstić information content (AvgIpc) is 2.29. The molecule has 1 radical (unpaired) electrons. The number of nitrogens with one attached hydrogen (secondary N) is 1. The first-order chi connectivity index (χ1) is 8.03. The fraction of sp³-hybridized carbons (Fsp3) is 0.308. The highest BCUT2D eigenvalue weighted by Crippen LogP contribution is 2.10. The standard InChI is InChI=1S/C13H18NO2Si/c1-4-10-17(16,14-13(15)5-2)12-9-7-6-8-11(12)3/h5-9H,2,4,10H2,1,3H3,(H,14,15). The van der Waals surface area contributed by atoms with Crippen molar-refractivity contribution in [1.29, 1.82) is 0 Å². The SMILES string of the molecule is C=CC(=O)N[Si]([O])(CCC)c1ccccc1C. The van der Waals surface area contributed by atoms with Gasteiger partial charge >= 0.3 is 8.48 Å². The maximum absolute atomic E-state index is 12.9. The van der Waals surface area contributed by atoms with Crippen LogP contribution in [0, 0.1) is 6.92 Å². The van der Waals surface area contributed by atoms with Crippen LogP contribution in [0.5, 0.6) is 0 Å². The maximum Gasteiger partial charge on any atom is 0.371 e. The summed E-state index contributed by atoms with van der Waals surface area (Å²) in [5, 5.41) is 0.761. The molecule has 0 spiro atoms. The van der Waals surface area contributed by atoms with Crippen LogP contribution in [0.2, 0.25) is 6.04 Å². The van der Waals surface area contributed by atoms with E-state index >= 15 is 0 Å². The predicted molar refractivity (Wildman–Crippen MR) is 70.7 cm³/mol. The van der Waals surface area contributed by atoms with Crippen molar-refractivity contribution in [1.82, 2.24) is 4.98 Å². The molecular weight excluding hydrogens is 230 g/mol. The van der Waals surface area contributed by atoms with E-state index in [9.17, 15) is 9.59 Å². The lowest BCUT2D eigenvalue weighted by Gasteiger charge is -2.24. The minimum Gasteiger partial charge on any atom is -0.351 e. The van der Waals surface area contributed by atoms with Crippen LogP contribution in [0.25, 0.3) is 0 Å². The second kappa shape index (κ2) is 5.79. The first kappa shape index (κ1) is 13.7. The van der Waals surface area contributed by atoms with Crippen molar-refractivity contribution in [3.8, 4) is 0 Å². The van der Waals surface area contributed by atoms with E-state index in [1.165, 1.54) is 0 Å². The number of hydrogen-bond acceptors (Lipinski definition) is 1. The first-order valence-electron chi connectivity index (χ1n) is 5.74. The number of benzene rings is 1. The van der Waals surface area contributed by atoms with Crippen molar-refractivity contribution in [3.05, 3.63) is 42.5 Å². The fourth-order valence-corrected chi connectivity index (χ4v) is 4.71. The van der Waals surface area contributed by atoms with Gasteiger partial charge in [-0.3, -0.25) is 9.59 Å². The molecule has 0 fully saturated rings. The molecule has 0 bridgehead atoms. The Morgan fingerprint density at radius 2 is 2.12 bits per heavy atom. The quantitative estimate of drug-likeness (QED) is 0.627. The van der Waals surface area contributed by atoms with Gasteiger partial charge in [-0.1, -0.05) is 44.2 Å². The van der Waals surface area contributed by atoms with Crippen molar-refractivity contribution in [2.45, 2.75) is 26.3 Å². The van der Waals surface area contributed by atoms with Crippen LogP contribution in [0.15, 0.2) is 36.9 Å². The van der Waals surface area contributed by atoms with Crippen molar-refractivity contribution in [2.75, 3.05) is 0 Å². The smallest absolute Gasteiger partial charge is 0.351 e. The molecule has 0 aliphatic rings. The molecule has 1 N–H and O–H groups in total. The lowest BCUT2D eigenvalue weighted by molar-refractivity contribution is -0.115. The van der Waals surface area contributed by atoms with Gasteiger partial charge in [0.2, 0.25) is 5.91 Å². The van der Waals surface area contributed by atoms with Crippen LogP contribution in [0.1, 0.15) is 18.9 Å². The van der Waals surface area contributed by atoms with E-state index in [2.05, 4.69) is 11.6 Å². The molecule has 1 unspecified atom stereocenters. The molecule has 0 heterocycles. The Morgan fingerprint density at radius 3 is 2.65 bits per heavy atom. The fourth-order valence-electron chi connectivity index (χ4n) is 1.89. The summed E-state index contributed by atoms with van der Waals surface area (Å²) in [5.41, 5.74) is 0.951. The van der Waals surface area contributed by atoms with E-state index in [-0.39, 0.29) is 5.91 Å². The van der Waals surface area contributed by atoms with Gasteiger partial charge in [0.15, 0.2) is 0 Å². The molecule has 1 amide bonds. The molecule has 1 atom stereocenters. The number of hydrogen-bond donors (Lipinski definition) is 1. The van der Waals surface area contributed by atoms with Gasteiger partial charge in [0.25, 0.3) is 0 Å². The van der Waals surface area contributed by atoms with Crippen LogP contribution in [-0.2, 0) is 9.59 Å². The highest BCUT2D eigenvalue weighted by molar-refractivity contribution is 6.85. The molecule has 0 saturated carbocycles. The van der Waals surface area contributed by atoms with E-state index in [4.69, 9.17) is 0 Å². The Balaban J connectivity index is 3.11. The Morgan fingerprint density at radius 1 is 1.47 bits per heavy atom. The minimum absolute atomic E-state index is 0.372. The summed E-state index contributed by atoms with van der Waals surface area (Å²) in [6.07, 6.45) is 1.93. The van der Waals surface area contributed by atoms with Crippen LogP contribution in [0.4, 0.5) is 0 Å². The molecule has 91 valence electrons. The lowest BCUT2D eigenvalue weighted by atomic mass is 10.2. The Labute approximate surface area is 103 Å². The molecule has 0 saturated heterocycles. The van der Waals surface area contributed by atoms with Crippen LogP contribution >= 0.6 is 0 Å². The molecule has 17 heavy (non-hydrogen) atoms. The van der Waals surface area contributed by atoms with Gasteiger partial charge in [0.05, 0.1) is 0 Å². The molecule has 0 aliphatic heterocycles. The zero-order chi connectivity index (χ0) is 12.9. The van der Waals surface area contributed by atoms with Gasteiger partial charge in [-0.15, -0.1) is 0 Å². The Hall–Kier alpha value is -1.39. The second-order valence-electron chi connectivity index (χ2n) is 4.09. The van der Waals surface area contributed by atoms with E-state index in [0.29, 0.717) is 6.04 Å². The third-order valence-corrected chi connectivity index (χ3v) is 5.98. The summed E-state index contributed by atoms with van der Waals surface area (Å²) in [6, 6.07) is 7.97. The third-order valence-electron chi connectivity index (χ3n) is 2.69. The summed E-state index contributed by atoms with van der Waals surface area (Å²) in [6.45, 7) is 7.26. The Bertz CT molecular complexity index is 420. The first-order valence-corrected chi connectivity index (χ1v) is 7.86.